The van der Waals surface area contributed by atoms with Crippen molar-refractivity contribution in [1.82, 2.24) is 14.9 Å². The Balaban J connectivity index is 1.60. The number of aliphatic hydroxyl groups excluding tert-OH is 1. The number of ether oxygens (including phenoxy) is 1. The lowest BCUT2D eigenvalue weighted by molar-refractivity contribution is -0.205. The molecule has 0 saturated carbocycles. The van der Waals surface area contributed by atoms with Crippen LogP contribution in [0.2, 0.25) is 0 Å². The first-order valence-corrected chi connectivity index (χ1v) is 13.1. The summed E-state index contributed by atoms with van der Waals surface area (Å²) in [4.78, 5) is 29.7. The van der Waals surface area contributed by atoms with Gasteiger partial charge in [0.2, 0.25) is 6.10 Å². The first-order valence-electron chi connectivity index (χ1n) is 12.6. The number of nitrogens with one attached hydrogen (secondary N) is 1. The van der Waals surface area contributed by atoms with Crippen LogP contribution in [0.25, 0.3) is 22.3 Å². The van der Waals surface area contributed by atoms with E-state index in [0.29, 0.717) is 44.6 Å². The Morgan fingerprint density at radius 1 is 1.32 bits per heavy atom. The summed E-state index contributed by atoms with van der Waals surface area (Å²) in [5.74, 6) is -2.90. The minimum Gasteiger partial charge on any atom is -0.458 e. The second-order valence-corrected chi connectivity index (χ2v) is 10.7. The molecule has 8 nitrogen and oxygen atoms in total. The van der Waals surface area contributed by atoms with Gasteiger partial charge in [-0.2, -0.15) is 13.2 Å². The molecule has 3 atom stereocenters. The van der Waals surface area contributed by atoms with Gasteiger partial charge in [0.1, 0.15) is 17.1 Å². The normalized spacial score (nSPS) is 21.9. The summed E-state index contributed by atoms with van der Waals surface area (Å²) in [5.41, 5.74) is 1.87. The van der Waals surface area contributed by atoms with Crippen LogP contribution in [0.15, 0.2) is 12.1 Å². The zero-order valence-electron chi connectivity index (χ0n) is 21.3. The third-order valence-electron chi connectivity index (χ3n) is 8.25. The number of hydrogen-bond donors (Lipinski definition) is 3. The van der Waals surface area contributed by atoms with Crippen molar-refractivity contribution in [1.29, 1.82) is 0 Å². The number of aryl methyl sites for hydroxylation is 1. The van der Waals surface area contributed by atoms with Crippen LogP contribution in [0.5, 0.6) is 0 Å². The molecule has 0 spiro atoms. The van der Waals surface area contributed by atoms with E-state index in [1.165, 1.54) is 6.07 Å². The maximum Gasteiger partial charge on any atom is 0.423 e. The highest BCUT2D eigenvalue weighted by Gasteiger charge is 2.46. The third kappa shape index (κ3) is 3.63. The highest BCUT2D eigenvalue weighted by Crippen LogP contribution is 2.47. The Labute approximate surface area is 229 Å². The number of nitrogens with zero attached hydrogens (tertiary/aromatic N) is 2. The standard InChI is InChI=1S/C27H23F4N3O5S/c1-3-26(38)14-6-18-21-12(8-34(18)24(40)13(14)9-39-25(26)37)20-16(33-23(36)22(35)27(29,30)31)5-4-11-10(2)15(28)7-17(32-21)19(11)20/h6-7,16,22,35,38H,3-5,8-9H2,1-2H3,(H,33,36)/t16-,22?,26+/m1/s1. The molecule has 4 heterocycles. The van der Waals surface area contributed by atoms with E-state index in [9.17, 15) is 37.4 Å². The Morgan fingerprint density at radius 2 is 2.05 bits per heavy atom. The lowest BCUT2D eigenvalue weighted by Gasteiger charge is -2.32. The molecule has 3 aliphatic rings. The molecule has 40 heavy (non-hydrogen) atoms. The van der Waals surface area contributed by atoms with Crippen molar-refractivity contribution in [2.24, 2.45) is 0 Å². The summed E-state index contributed by atoms with van der Waals surface area (Å²) in [6.45, 7) is 3.22. The van der Waals surface area contributed by atoms with Gasteiger partial charge in [0.25, 0.3) is 5.91 Å². The predicted octanol–water partition coefficient (Wildman–Crippen LogP) is 3.92. The molecule has 1 unspecified atom stereocenters. The number of carbonyl (C=O) groups excluding carboxylic acids is 2. The van der Waals surface area contributed by atoms with Crippen molar-refractivity contribution >= 4 is 35.0 Å². The van der Waals surface area contributed by atoms with Gasteiger partial charge in [-0.3, -0.25) is 4.79 Å². The number of fused-ring (bicyclic) bond motifs is 5. The lowest BCUT2D eigenvalue weighted by Crippen LogP contribution is -2.45. The van der Waals surface area contributed by atoms with Crippen LogP contribution in [0, 0.1) is 17.4 Å². The molecule has 13 heteroatoms. The Hall–Kier alpha value is -3.42. The van der Waals surface area contributed by atoms with Gasteiger partial charge in [-0.1, -0.05) is 19.1 Å². The number of cyclic esters (lactones) is 1. The summed E-state index contributed by atoms with van der Waals surface area (Å²) in [6.07, 6.45) is -7.91. The second-order valence-electron chi connectivity index (χ2n) is 10.4. The van der Waals surface area contributed by atoms with Gasteiger partial charge in [0, 0.05) is 28.1 Å². The highest BCUT2D eigenvalue weighted by molar-refractivity contribution is 7.71. The summed E-state index contributed by atoms with van der Waals surface area (Å²) in [7, 11) is 0. The average molecular weight is 578 g/mol. The van der Waals surface area contributed by atoms with Crippen LogP contribution >= 0.6 is 12.2 Å². The molecule has 210 valence electrons. The van der Waals surface area contributed by atoms with Gasteiger partial charge in [-0.25, -0.2) is 14.2 Å². The second kappa shape index (κ2) is 8.79. The lowest BCUT2D eigenvalue weighted by atomic mass is 9.81. The van der Waals surface area contributed by atoms with Crippen LogP contribution < -0.4 is 5.32 Å². The topological polar surface area (TPSA) is 114 Å². The Bertz CT molecular complexity index is 1720. The van der Waals surface area contributed by atoms with Crippen molar-refractivity contribution in [3.63, 3.8) is 0 Å². The molecule has 0 radical (unpaired) electrons. The third-order valence-corrected chi connectivity index (χ3v) is 8.72. The average Bonchev–Trinajstić information content (AvgIpc) is 3.27. The van der Waals surface area contributed by atoms with Gasteiger partial charge >= 0.3 is 12.1 Å². The van der Waals surface area contributed by atoms with Crippen molar-refractivity contribution in [3.8, 4) is 11.4 Å². The smallest absolute Gasteiger partial charge is 0.423 e. The maximum absolute atomic E-state index is 14.9. The van der Waals surface area contributed by atoms with Gasteiger partial charge in [-0.05, 0) is 48.9 Å². The molecule has 0 bridgehead atoms. The van der Waals surface area contributed by atoms with E-state index in [4.69, 9.17) is 21.9 Å². The molecule has 0 fully saturated rings. The highest BCUT2D eigenvalue weighted by atomic mass is 32.1. The van der Waals surface area contributed by atoms with Crippen LogP contribution in [-0.2, 0) is 39.5 Å². The Morgan fingerprint density at radius 3 is 2.73 bits per heavy atom. The number of aliphatic hydroxyl groups is 2. The number of carbonyl (C=O) groups is 2. The number of halogens is 4. The monoisotopic (exact) mass is 577 g/mol. The number of aromatic nitrogens is 2. The van der Waals surface area contributed by atoms with Crippen LogP contribution in [0.1, 0.15) is 59.2 Å². The summed E-state index contributed by atoms with van der Waals surface area (Å²) in [5, 5.41) is 23.6. The molecule has 0 saturated heterocycles. The molecule has 1 aliphatic carbocycles. The molecular formula is C27H23F4N3O5S. The van der Waals surface area contributed by atoms with E-state index in [1.807, 2.05) is 0 Å². The van der Waals surface area contributed by atoms with E-state index in [2.05, 4.69) is 5.32 Å². The fourth-order valence-electron chi connectivity index (χ4n) is 6.10. The van der Waals surface area contributed by atoms with Gasteiger partial charge in [0.05, 0.1) is 29.5 Å². The first kappa shape index (κ1) is 26.8. The van der Waals surface area contributed by atoms with Crippen molar-refractivity contribution < 1.29 is 42.1 Å². The number of rotatable bonds is 3. The molecule has 1 amide bonds. The zero-order valence-corrected chi connectivity index (χ0v) is 22.1. The molecular weight excluding hydrogens is 554 g/mol. The van der Waals surface area contributed by atoms with E-state index < -0.39 is 41.6 Å². The molecule has 3 aromatic rings. The number of amides is 1. The summed E-state index contributed by atoms with van der Waals surface area (Å²) >= 11 is 5.73. The van der Waals surface area contributed by atoms with E-state index in [0.717, 1.165) is 0 Å². The Kier molecular flexibility index (Phi) is 5.88. The summed E-state index contributed by atoms with van der Waals surface area (Å²) < 4.78 is 61.5. The molecule has 3 N–H and O–H groups in total. The number of hydrogen-bond acceptors (Lipinski definition) is 7. The van der Waals surface area contributed by atoms with Crippen LogP contribution in [-0.4, -0.2) is 43.9 Å². The van der Waals surface area contributed by atoms with Gasteiger partial charge in [-0.15, -0.1) is 0 Å². The predicted molar refractivity (Wildman–Crippen MR) is 135 cm³/mol. The van der Waals surface area contributed by atoms with E-state index in [-0.39, 0.29) is 48.1 Å². The minimum atomic E-state index is -5.15. The van der Waals surface area contributed by atoms with Crippen molar-refractivity contribution in [2.75, 3.05) is 0 Å². The van der Waals surface area contributed by atoms with Crippen molar-refractivity contribution in [2.45, 2.75) is 70.2 Å². The quantitative estimate of drug-likeness (QED) is 0.192. The first-order chi connectivity index (χ1) is 18.8. The molecule has 2 aliphatic heterocycles. The van der Waals surface area contributed by atoms with E-state index in [1.54, 1.807) is 24.5 Å². The molecule has 6 rings (SSSR count). The number of alkyl halides is 3. The van der Waals surface area contributed by atoms with Crippen molar-refractivity contribution in [3.05, 3.63) is 56.0 Å². The van der Waals surface area contributed by atoms with Gasteiger partial charge < -0.3 is 24.8 Å². The molecule has 1 aromatic carbocycles. The fourth-order valence-corrected chi connectivity index (χ4v) is 6.43. The number of esters is 1. The maximum atomic E-state index is 14.9. The van der Waals surface area contributed by atoms with Crippen LogP contribution in [0.3, 0.4) is 0 Å². The fraction of sp³-hybridized carbons (Fsp3) is 0.407. The van der Waals surface area contributed by atoms with Gasteiger partial charge in [0.15, 0.2) is 5.60 Å². The number of benzene rings is 1. The summed E-state index contributed by atoms with van der Waals surface area (Å²) in [6, 6.07) is 1.90. The minimum absolute atomic E-state index is 0.0177. The van der Waals surface area contributed by atoms with Crippen LogP contribution in [0.4, 0.5) is 17.6 Å². The molecule has 2 aromatic heterocycles. The number of pyridine rings is 2. The zero-order chi connectivity index (χ0) is 28.9. The SMILES string of the molecule is CC[C@@]1(O)C(=O)OCc2c1cc1n(c2=S)Cc2c-1nc1cc(F)c(C)c3c1c2[C@H](NC(=O)C(O)C(F)(F)F)CC3. The van der Waals surface area contributed by atoms with E-state index >= 15 is 0 Å². The largest absolute Gasteiger partial charge is 0.458 e.